The Morgan fingerprint density at radius 3 is 1.52 bits per heavy atom. The molecule has 0 heterocycles. The second-order valence-electron chi connectivity index (χ2n) is 5.75. The lowest BCUT2D eigenvalue weighted by Gasteiger charge is -2.42. The summed E-state index contributed by atoms with van der Waals surface area (Å²) in [4.78, 5) is 0. The maximum Gasteiger partial charge on any atom is 0.533 e. The third-order valence-electron chi connectivity index (χ3n) is 4.01. The van der Waals surface area contributed by atoms with Gasteiger partial charge in [0.25, 0.3) is 0 Å². The fourth-order valence-corrected chi connectivity index (χ4v) is 10.1. The van der Waals surface area contributed by atoms with Gasteiger partial charge in [-0.05, 0) is 47.1 Å². The predicted octanol–water partition coefficient (Wildman–Crippen LogP) is 4.05. The van der Waals surface area contributed by atoms with Gasteiger partial charge in [0.05, 0.1) is 5.54 Å². The van der Waals surface area contributed by atoms with Gasteiger partial charge < -0.3 is 26.6 Å². The summed E-state index contributed by atoms with van der Waals surface area (Å²) in [7, 11) is -6.29. The van der Waals surface area contributed by atoms with E-state index in [-0.39, 0.29) is 5.54 Å². The van der Waals surface area contributed by atoms with Crippen LogP contribution in [0.1, 0.15) is 41.5 Å². The summed E-state index contributed by atoms with van der Waals surface area (Å²) in [5.74, 6) is 0. The molecule has 6 nitrogen and oxygen atoms in total. The molecule has 8 heteroatoms. The van der Waals surface area contributed by atoms with Crippen LogP contribution in [0.2, 0.25) is 5.54 Å². The molecule has 1 atom stereocenters. The van der Waals surface area contributed by atoms with Crippen LogP contribution >= 0.6 is 0 Å². The van der Waals surface area contributed by atoms with Crippen molar-refractivity contribution in [2.75, 3.05) is 39.6 Å². The Kier molecular flexibility index (Phi) is 10.9. The molecule has 0 saturated heterocycles. The molecule has 27 heavy (non-hydrogen) atoms. The Balaban J connectivity index is 3.56. The Labute approximate surface area is 166 Å². The average molecular weight is 417 g/mol. The van der Waals surface area contributed by atoms with Gasteiger partial charge in [0.2, 0.25) is 0 Å². The normalized spacial score (nSPS) is 18.1. The van der Waals surface area contributed by atoms with Crippen LogP contribution < -0.4 is 0 Å². The van der Waals surface area contributed by atoms with Gasteiger partial charge >= 0.3 is 17.6 Å². The van der Waals surface area contributed by atoms with Gasteiger partial charge in [-0.1, -0.05) is 24.8 Å². The lowest BCUT2D eigenvalue weighted by molar-refractivity contribution is 0.0598. The van der Waals surface area contributed by atoms with Crippen LogP contribution in [0.25, 0.3) is 0 Å². The largest absolute Gasteiger partial charge is 0.533 e. The minimum Gasteiger partial charge on any atom is -0.373 e. The zero-order valence-electron chi connectivity index (χ0n) is 17.7. The van der Waals surface area contributed by atoms with Gasteiger partial charge in [0.15, 0.2) is 0 Å². The molecule has 0 amide bonds. The maximum atomic E-state index is 6.19. The molecular formula is C19H36O6Si2. The Hall–Kier alpha value is -0.586. The molecule has 0 spiro atoms. The van der Waals surface area contributed by atoms with E-state index in [2.05, 4.69) is 6.58 Å². The minimum absolute atomic E-state index is 0.293. The Morgan fingerprint density at radius 2 is 1.15 bits per heavy atom. The Bertz CT molecular complexity index is 486. The molecule has 0 aromatic rings. The van der Waals surface area contributed by atoms with Crippen molar-refractivity contribution in [3.63, 3.8) is 0 Å². The van der Waals surface area contributed by atoms with E-state index in [1.807, 2.05) is 59.8 Å². The molecule has 1 aliphatic carbocycles. The standard InChI is InChI=1S/C19H36O6Si2/c1-8-20-26(21-9-2,22-10-3)18-16-14-15-17(7)19(18)27(23-11-4,24-12-5)25-13-6/h14-16,19H,7-13H2,1-6H3. The molecule has 1 unspecified atom stereocenters. The molecule has 156 valence electrons. The molecule has 0 fully saturated rings. The SMILES string of the molecule is C=C1C=CC=C([Si](OCC)(OCC)OCC)C1[Si](OCC)(OCC)OCC. The van der Waals surface area contributed by atoms with Crippen LogP contribution in [0, 0.1) is 0 Å². The van der Waals surface area contributed by atoms with Crippen molar-refractivity contribution in [3.05, 3.63) is 35.6 Å². The van der Waals surface area contributed by atoms with E-state index in [9.17, 15) is 0 Å². The van der Waals surface area contributed by atoms with Crippen molar-refractivity contribution >= 4 is 17.6 Å². The van der Waals surface area contributed by atoms with Crippen LogP contribution in [0.3, 0.4) is 0 Å². The number of allylic oxidation sites excluding steroid dienone is 5. The van der Waals surface area contributed by atoms with Gasteiger partial charge in [0, 0.05) is 44.8 Å². The molecule has 0 aliphatic heterocycles. The second-order valence-corrected chi connectivity index (χ2v) is 11.0. The molecule has 0 saturated carbocycles. The summed E-state index contributed by atoms with van der Waals surface area (Å²) in [5, 5.41) is 0.905. The van der Waals surface area contributed by atoms with E-state index in [4.69, 9.17) is 26.6 Å². The monoisotopic (exact) mass is 416 g/mol. The van der Waals surface area contributed by atoms with Crippen LogP contribution in [0.15, 0.2) is 35.6 Å². The zero-order valence-corrected chi connectivity index (χ0v) is 19.7. The van der Waals surface area contributed by atoms with Crippen molar-refractivity contribution in [3.8, 4) is 0 Å². The third-order valence-corrected chi connectivity index (χ3v) is 10.9. The third kappa shape index (κ3) is 5.71. The summed E-state index contributed by atoms with van der Waals surface area (Å²) in [6, 6.07) is 0. The highest BCUT2D eigenvalue weighted by atomic mass is 28.4. The topological polar surface area (TPSA) is 55.4 Å². The first kappa shape index (κ1) is 24.5. The fourth-order valence-electron chi connectivity index (χ4n) is 3.29. The molecule has 0 bridgehead atoms. The predicted molar refractivity (Wildman–Crippen MR) is 111 cm³/mol. The van der Waals surface area contributed by atoms with E-state index in [0.29, 0.717) is 39.6 Å². The zero-order chi connectivity index (χ0) is 20.3. The fraction of sp³-hybridized carbons (Fsp3) is 0.684. The minimum atomic E-state index is -3.15. The van der Waals surface area contributed by atoms with Gasteiger partial charge in [-0.25, -0.2) is 0 Å². The summed E-state index contributed by atoms with van der Waals surface area (Å²) >= 11 is 0. The molecule has 0 N–H and O–H groups in total. The van der Waals surface area contributed by atoms with E-state index >= 15 is 0 Å². The highest BCUT2D eigenvalue weighted by Crippen LogP contribution is 2.45. The van der Waals surface area contributed by atoms with Gasteiger partial charge in [-0.3, -0.25) is 0 Å². The number of hydrogen-bond acceptors (Lipinski definition) is 6. The van der Waals surface area contributed by atoms with E-state index in [0.717, 1.165) is 10.8 Å². The highest BCUT2D eigenvalue weighted by Gasteiger charge is 2.60. The number of rotatable bonds is 14. The molecule has 1 aliphatic rings. The lowest BCUT2D eigenvalue weighted by Crippen LogP contribution is -2.58. The number of hydrogen-bond donors (Lipinski definition) is 0. The summed E-state index contributed by atoms with van der Waals surface area (Å²) in [6.45, 7) is 18.9. The average Bonchev–Trinajstić information content (AvgIpc) is 2.62. The van der Waals surface area contributed by atoms with Crippen molar-refractivity contribution in [2.45, 2.75) is 47.1 Å². The lowest BCUT2D eigenvalue weighted by atomic mass is 10.1. The van der Waals surface area contributed by atoms with Gasteiger partial charge in [-0.2, -0.15) is 0 Å². The van der Waals surface area contributed by atoms with E-state index < -0.39 is 17.6 Å². The van der Waals surface area contributed by atoms with Crippen molar-refractivity contribution in [2.24, 2.45) is 0 Å². The highest BCUT2D eigenvalue weighted by molar-refractivity contribution is 6.75. The van der Waals surface area contributed by atoms with Crippen molar-refractivity contribution in [1.82, 2.24) is 0 Å². The molecular weight excluding hydrogens is 380 g/mol. The first-order chi connectivity index (χ1) is 13.0. The second kappa shape index (κ2) is 12.1. The smallest absolute Gasteiger partial charge is 0.373 e. The van der Waals surface area contributed by atoms with Crippen LogP contribution in [-0.4, -0.2) is 57.3 Å². The van der Waals surface area contributed by atoms with E-state index in [1.165, 1.54) is 0 Å². The van der Waals surface area contributed by atoms with Crippen molar-refractivity contribution < 1.29 is 26.6 Å². The van der Waals surface area contributed by atoms with Crippen molar-refractivity contribution in [1.29, 1.82) is 0 Å². The van der Waals surface area contributed by atoms with E-state index in [1.54, 1.807) is 0 Å². The first-order valence-corrected chi connectivity index (χ1v) is 13.4. The van der Waals surface area contributed by atoms with Crippen LogP contribution in [-0.2, 0) is 26.6 Å². The molecule has 0 aromatic carbocycles. The van der Waals surface area contributed by atoms with Gasteiger partial charge in [0.1, 0.15) is 0 Å². The molecule has 1 rings (SSSR count). The van der Waals surface area contributed by atoms with Crippen LogP contribution in [0.4, 0.5) is 0 Å². The molecule has 0 radical (unpaired) electrons. The Morgan fingerprint density at radius 1 is 0.741 bits per heavy atom. The summed E-state index contributed by atoms with van der Waals surface area (Å²) in [6.07, 6.45) is 5.93. The van der Waals surface area contributed by atoms with Gasteiger partial charge in [-0.15, -0.1) is 0 Å². The molecule has 0 aromatic heterocycles. The maximum absolute atomic E-state index is 6.19. The van der Waals surface area contributed by atoms with Crippen LogP contribution in [0.5, 0.6) is 0 Å². The first-order valence-electron chi connectivity index (χ1n) is 9.91. The summed E-state index contributed by atoms with van der Waals surface area (Å²) < 4.78 is 37.1. The quantitative estimate of drug-likeness (QED) is 0.398. The summed E-state index contributed by atoms with van der Waals surface area (Å²) in [5.41, 5.74) is 0.573.